The van der Waals surface area contributed by atoms with Gasteiger partial charge in [0.2, 0.25) is 0 Å². The van der Waals surface area contributed by atoms with Gasteiger partial charge in [0.1, 0.15) is 11.2 Å². The molecule has 0 fully saturated rings. The number of hydrogen-bond donors (Lipinski definition) is 1. The van der Waals surface area contributed by atoms with E-state index in [0.29, 0.717) is 5.92 Å². The van der Waals surface area contributed by atoms with Gasteiger partial charge in [-0.3, -0.25) is 0 Å². The Labute approximate surface area is 276 Å². The Morgan fingerprint density at radius 1 is 0.604 bits per heavy atom. The lowest BCUT2D eigenvalue weighted by atomic mass is 9.98. The molecule has 0 aliphatic heterocycles. The van der Waals surface area contributed by atoms with E-state index < -0.39 is 0 Å². The third-order valence-electron chi connectivity index (χ3n) is 10.7. The fourth-order valence-corrected chi connectivity index (χ4v) is 8.35. The number of allylic oxidation sites excluding steroid dienone is 4. The number of fused-ring (bicyclic) bond motifs is 13. The van der Waals surface area contributed by atoms with Gasteiger partial charge in [0, 0.05) is 60.9 Å². The van der Waals surface area contributed by atoms with Crippen molar-refractivity contribution in [2.24, 2.45) is 5.92 Å². The molecule has 1 N–H and O–H groups in total. The Morgan fingerprint density at radius 2 is 1.33 bits per heavy atom. The van der Waals surface area contributed by atoms with Gasteiger partial charge in [0.25, 0.3) is 0 Å². The summed E-state index contributed by atoms with van der Waals surface area (Å²) in [7, 11) is 0. The third-order valence-corrected chi connectivity index (χ3v) is 10.7. The van der Waals surface area contributed by atoms with E-state index in [4.69, 9.17) is 4.42 Å². The standard InChI is InChI=1S/C45H30N2O/c1-26-8-2-7-13-40(26)47-41-20-17-30(23-37(41)44-31-11-5-3-9-27(31)16-21-42(44)47)29-15-19-38-34(22-29)35-24-36-33-18-14-28-10-4-6-12-32(28)45(33)48-43(36)25-39(35)46-38/h2-7,9-26,46H,8H2,1H3. The zero-order valence-electron chi connectivity index (χ0n) is 26.4. The summed E-state index contributed by atoms with van der Waals surface area (Å²) < 4.78 is 8.99. The molecule has 0 bridgehead atoms. The number of aromatic nitrogens is 2. The molecule has 10 aromatic rings. The molecule has 226 valence electrons. The molecule has 0 saturated heterocycles. The summed E-state index contributed by atoms with van der Waals surface area (Å²) in [5.41, 5.74) is 10.4. The second kappa shape index (κ2) is 9.49. The van der Waals surface area contributed by atoms with E-state index in [9.17, 15) is 0 Å². The van der Waals surface area contributed by atoms with Gasteiger partial charge >= 0.3 is 0 Å². The van der Waals surface area contributed by atoms with Gasteiger partial charge in [-0.15, -0.1) is 0 Å². The third kappa shape index (κ3) is 3.53. The minimum atomic E-state index is 0.446. The van der Waals surface area contributed by atoms with E-state index in [1.54, 1.807) is 0 Å². The van der Waals surface area contributed by atoms with Gasteiger partial charge in [0.15, 0.2) is 0 Å². The first-order valence-electron chi connectivity index (χ1n) is 16.8. The highest BCUT2D eigenvalue weighted by atomic mass is 16.3. The van der Waals surface area contributed by atoms with Crippen LogP contribution in [0.15, 0.2) is 144 Å². The lowest BCUT2D eigenvalue weighted by Crippen LogP contribution is -2.07. The Hall–Kier alpha value is -6.06. The lowest BCUT2D eigenvalue weighted by Gasteiger charge is -2.20. The van der Waals surface area contributed by atoms with Gasteiger partial charge in [0.05, 0.1) is 16.6 Å². The lowest BCUT2D eigenvalue weighted by molar-refractivity contribution is 0.673. The van der Waals surface area contributed by atoms with Gasteiger partial charge in [-0.2, -0.15) is 0 Å². The normalized spacial score (nSPS) is 15.4. The maximum absolute atomic E-state index is 6.49. The van der Waals surface area contributed by atoms with Crippen LogP contribution in [0.5, 0.6) is 0 Å². The van der Waals surface area contributed by atoms with Crippen LogP contribution in [0.3, 0.4) is 0 Å². The minimum Gasteiger partial charge on any atom is -0.455 e. The number of furan rings is 1. The summed E-state index contributed by atoms with van der Waals surface area (Å²) in [6.07, 6.45) is 7.84. The molecule has 0 radical (unpaired) electrons. The smallest absolute Gasteiger partial charge is 0.143 e. The summed E-state index contributed by atoms with van der Waals surface area (Å²) in [5.74, 6) is 0.446. The van der Waals surface area contributed by atoms with Crippen molar-refractivity contribution in [3.8, 4) is 11.1 Å². The Morgan fingerprint density at radius 3 is 2.21 bits per heavy atom. The van der Waals surface area contributed by atoms with Crippen LogP contribution in [-0.4, -0.2) is 9.55 Å². The summed E-state index contributed by atoms with van der Waals surface area (Å²) in [4.78, 5) is 3.67. The minimum absolute atomic E-state index is 0.446. The zero-order valence-corrected chi connectivity index (χ0v) is 26.4. The fraction of sp³-hybridized carbons (Fsp3) is 0.0667. The molecule has 3 aromatic heterocycles. The average Bonchev–Trinajstić information content (AvgIpc) is 3.79. The molecular formula is C45H30N2O. The topological polar surface area (TPSA) is 33.9 Å². The maximum Gasteiger partial charge on any atom is 0.143 e. The molecule has 0 amide bonds. The zero-order chi connectivity index (χ0) is 31.5. The van der Waals surface area contributed by atoms with Crippen LogP contribution in [0.4, 0.5) is 0 Å². The highest BCUT2D eigenvalue weighted by Gasteiger charge is 2.21. The number of hydrogen-bond acceptors (Lipinski definition) is 1. The maximum atomic E-state index is 6.49. The van der Waals surface area contributed by atoms with Crippen molar-refractivity contribution in [3.05, 3.63) is 140 Å². The van der Waals surface area contributed by atoms with Crippen molar-refractivity contribution in [2.75, 3.05) is 0 Å². The Kier molecular flexibility index (Phi) is 5.15. The van der Waals surface area contributed by atoms with Crippen LogP contribution in [0, 0.1) is 5.92 Å². The van der Waals surface area contributed by atoms with E-state index in [0.717, 1.165) is 44.8 Å². The largest absolute Gasteiger partial charge is 0.455 e. The molecule has 1 aliphatic rings. The molecule has 1 aliphatic carbocycles. The van der Waals surface area contributed by atoms with Crippen LogP contribution >= 0.6 is 0 Å². The van der Waals surface area contributed by atoms with E-state index >= 15 is 0 Å². The van der Waals surface area contributed by atoms with Crippen LogP contribution in [0.2, 0.25) is 0 Å². The Balaban J connectivity index is 1.14. The number of aromatic amines is 1. The fourth-order valence-electron chi connectivity index (χ4n) is 8.35. The van der Waals surface area contributed by atoms with Gasteiger partial charge in [-0.25, -0.2) is 0 Å². The van der Waals surface area contributed by atoms with Crippen molar-refractivity contribution < 1.29 is 4.42 Å². The first-order valence-corrected chi connectivity index (χ1v) is 16.8. The van der Waals surface area contributed by atoms with Crippen LogP contribution < -0.4 is 0 Å². The van der Waals surface area contributed by atoms with E-state index in [1.165, 1.54) is 65.6 Å². The van der Waals surface area contributed by atoms with Crippen LogP contribution in [0.1, 0.15) is 13.3 Å². The Bertz CT molecular complexity index is 3050. The van der Waals surface area contributed by atoms with Gasteiger partial charge in [-0.05, 0) is 82.2 Å². The summed E-state index contributed by atoms with van der Waals surface area (Å²) in [6, 6.07) is 44.6. The highest BCUT2D eigenvalue weighted by Crippen LogP contribution is 2.42. The van der Waals surface area contributed by atoms with Crippen molar-refractivity contribution in [3.63, 3.8) is 0 Å². The van der Waals surface area contributed by atoms with Gasteiger partial charge < -0.3 is 14.0 Å². The number of H-pyrrole nitrogens is 1. The van der Waals surface area contributed by atoms with Crippen molar-refractivity contribution in [1.82, 2.24) is 9.55 Å². The van der Waals surface area contributed by atoms with E-state index in [2.05, 4.69) is 156 Å². The highest BCUT2D eigenvalue weighted by molar-refractivity contribution is 6.23. The molecule has 48 heavy (non-hydrogen) atoms. The molecule has 0 saturated carbocycles. The summed E-state index contributed by atoms with van der Waals surface area (Å²) in [5, 5.41) is 12.3. The summed E-state index contributed by atoms with van der Waals surface area (Å²) in [6.45, 7) is 2.33. The molecule has 3 heterocycles. The molecule has 0 spiro atoms. The SMILES string of the molecule is CC1CC=CC=C1n1c2ccc(-c3ccc4[nH]c5cc6oc7c8ccccc8ccc7c6cc5c4c3)cc2c2c3ccccc3ccc21. The van der Waals surface area contributed by atoms with Crippen molar-refractivity contribution in [1.29, 1.82) is 0 Å². The molecule has 1 atom stereocenters. The van der Waals surface area contributed by atoms with Crippen molar-refractivity contribution >= 4 is 92.8 Å². The quantitative estimate of drug-likeness (QED) is 0.206. The van der Waals surface area contributed by atoms with Crippen molar-refractivity contribution in [2.45, 2.75) is 13.3 Å². The second-order valence-electron chi connectivity index (χ2n) is 13.4. The number of benzene rings is 7. The second-order valence-corrected chi connectivity index (χ2v) is 13.4. The molecule has 11 rings (SSSR count). The predicted molar refractivity (Wildman–Crippen MR) is 204 cm³/mol. The molecule has 1 unspecified atom stereocenters. The summed E-state index contributed by atoms with van der Waals surface area (Å²) >= 11 is 0. The molecular weight excluding hydrogens is 585 g/mol. The number of nitrogens with zero attached hydrogens (tertiary/aromatic N) is 1. The van der Waals surface area contributed by atoms with E-state index in [-0.39, 0.29) is 0 Å². The number of rotatable bonds is 2. The molecule has 3 heteroatoms. The monoisotopic (exact) mass is 614 g/mol. The first-order chi connectivity index (χ1) is 23.7. The average molecular weight is 615 g/mol. The van der Waals surface area contributed by atoms with E-state index in [1.807, 2.05) is 0 Å². The predicted octanol–water partition coefficient (Wildman–Crippen LogP) is 12.7. The van der Waals surface area contributed by atoms with Crippen LogP contribution in [0.25, 0.3) is 104 Å². The molecule has 7 aromatic carbocycles. The first kappa shape index (κ1) is 26.1. The number of nitrogens with one attached hydrogen (secondary N) is 1. The molecule has 3 nitrogen and oxygen atoms in total. The van der Waals surface area contributed by atoms with Gasteiger partial charge in [-0.1, -0.05) is 91.9 Å². The van der Waals surface area contributed by atoms with Crippen LogP contribution in [-0.2, 0) is 0 Å².